The lowest BCUT2D eigenvalue weighted by Gasteiger charge is -2.26. The summed E-state index contributed by atoms with van der Waals surface area (Å²) >= 11 is 0. The van der Waals surface area contributed by atoms with Crippen molar-refractivity contribution < 1.29 is 26.7 Å². The van der Waals surface area contributed by atoms with Gasteiger partial charge in [0.05, 0.1) is 12.6 Å². The molecule has 0 bridgehead atoms. The van der Waals surface area contributed by atoms with E-state index in [1.54, 1.807) is 0 Å². The van der Waals surface area contributed by atoms with Crippen molar-refractivity contribution in [3.05, 3.63) is 35.7 Å². The standard InChI is InChI=1S/C14H13F5N2O/c15-10-7-11(16)13(20-8-10)9-2-5-21(6-3-9)12(22)1-4-14(17,18)19/h2,7-8H,1,3-6H2. The van der Waals surface area contributed by atoms with Gasteiger partial charge >= 0.3 is 6.18 Å². The third kappa shape index (κ3) is 4.25. The fourth-order valence-electron chi connectivity index (χ4n) is 2.17. The summed E-state index contributed by atoms with van der Waals surface area (Å²) in [6.07, 6.45) is -3.46. The molecule has 1 aliphatic rings. The van der Waals surface area contributed by atoms with Crippen molar-refractivity contribution in [2.24, 2.45) is 0 Å². The Bertz CT molecular complexity index is 597. The number of aromatic nitrogens is 1. The minimum absolute atomic E-state index is 0.00351. The molecule has 0 unspecified atom stereocenters. The van der Waals surface area contributed by atoms with Gasteiger partial charge in [-0.25, -0.2) is 8.78 Å². The van der Waals surface area contributed by atoms with E-state index in [0.29, 0.717) is 11.6 Å². The van der Waals surface area contributed by atoms with Crippen LogP contribution in [0.5, 0.6) is 0 Å². The topological polar surface area (TPSA) is 33.2 Å². The second-order valence-electron chi connectivity index (χ2n) is 4.92. The van der Waals surface area contributed by atoms with Gasteiger partial charge in [-0.1, -0.05) is 6.08 Å². The van der Waals surface area contributed by atoms with Crippen LogP contribution < -0.4 is 0 Å². The average Bonchev–Trinajstić information content (AvgIpc) is 2.44. The Morgan fingerprint density at radius 1 is 1.32 bits per heavy atom. The van der Waals surface area contributed by atoms with Gasteiger partial charge in [-0.3, -0.25) is 9.78 Å². The van der Waals surface area contributed by atoms with Crippen LogP contribution in [0.2, 0.25) is 0 Å². The molecule has 0 aliphatic carbocycles. The van der Waals surface area contributed by atoms with Crippen LogP contribution in [0.15, 0.2) is 18.3 Å². The molecular weight excluding hydrogens is 307 g/mol. The molecule has 0 saturated carbocycles. The van der Waals surface area contributed by atoms with Gasteiger partial charge in [0.15, 0.2) is 5.82 Å². The number of carbonyl (C=O) groups is 1. The summed E-state index contributed by atoms with van der Waals surface area (Å²) < 4.78 is 62.6. The van der Waals surface area contributed by atoms with Crippen molar-refractivity contribution in [2.75, 3.05) is 13.1 Å². The van der Waals surface area contributed by atoms with Crippen molar-refractivity contribution in [3.8, 4) is 0 Å². The van der Waals surface area contributed by atoms with Crippen LogP contribution >= 0.6 is 0 Å². The highest BCUT2D eigenvalue weighted by Crippen LogP contribution is 2.25. The second-order valence-corrected chi connectivity index (χ2v) is 4.92. The molecule has 22 heavy (non-hydrogen) atoms. The van der Waals surface area contributed by atoms with E-state index < -0.39 is 36.6 Å². The van der Waals surface area contributed by atoms with Crippen LogP contribution in [0.3, 0.4) is 0 Å². The van der Waals surface area contributed by atoms with Gasteiger partial charge < -0.3 is 4.90 Å². The summed E-state index contributed by atoms with van der Waals surface area (Å²) in [4.78, 5) is 16.6. The molecule has 1 aliphatic heterocycles. The molecule has 2 rings (SSSR count). The molecule has 1 amide bonds. The van der Waals surface area contributed by atoms with Crippen molar-refractivity contribution in [3.63, 3.8) is 0 Å². The highest BCUT2D eigenvalue weighted by Gasteiger charge is 2.29. The van der Waals surface area contributed by atoms with Crippen molar-refractivity contribution in [1.82, 2.24) is 9.88 Å². The third-order valence-corrected chi connectivity index (χ3v) is 3.30. The Kier molecular flexibility index (Phi) is 4.77. The van der Waals surface area contributed by atoms with E-state index >= 15 is 0 Å². The number of pyridine rings is 1. The molecule has 0 N–H and O–H groups in total. The van der Waals surface area contributed by atoms with Crippen molar-refractivity contribution in [1.29, 1.82) is 0 Å². The average molecular weight is 320 g/mol. The third-order valence-electron chi connectivity index (χ3n) is 3.30. The molecule has 0 fully saturated rings. The number of alkyl halides is 3. The zero-order chi connectivity index (χ0) is 16.3. The van der Waals surface area contributed by atoms with E-state index in [4.69, 9.17) is 0 Å². The quantitative estimate of drug-likeness (QED) is 0.801. The predicted molar refractivity (Wildman–Crippen MR) is 68.6 cm³/mol. The maximum atomic E-state index is 13.6. The van der Waals surface area contributed by atoms with Crippen LogP contribution in [-0.4, -0.2) is 35.1 Å². The molecule has 0 spiro atoms. The summed E-state index contributed by atoms with van der Waals surface area (Å²) in [5.74, 6) is -2.19. The fraction of sp³-hybridized carbons (Fsp3) is 0.429. The monoisotopic (exact) mass is 320 g/mol. The number of amides is 1. The minimum Gasteiger partial charge on any atom is -0.339 e. The van der Waals surface area contributed by atoms with Gasteiger partial charge in [0, 0.05) is 25.6 Å². The van der Waals surface area contributed by atoms with Crippen LogP contribution in [0.25, 0.3) is 5.57 Å². The van der Waals surface area contributed by atoms with Gasteiger partial charge in [0.25, 0.3) is 0 Å². The van der Waals surface area contributed by atoms with Gasteiger partial charge in [-0.2, -0.15) is 13.2 Å². The Balaban J connectivity index is 1.99. The number of rotatable bonds is 3. The number of hydrogen-bond donors (Lipinski definition) is 0. The summed E-state index contributed by atoms with van der Waals surface area (Å²) in [7, 11) is 0. The van der Waals surface area contributed by atoms with Crippen molar-refractivity contribution >= 4 is 11.5 Å². The molecule has 0 atom stereocenters. The van der Waals surface area contributed by atoms with E-state index in [9.17, 15) is 26.7 Å². The van der Waals surface area contributed by atoms with E-state index in [2.05, 4.69) is 4.98 Å². The van der Waals surface area contributed by atoms with E-state index in [0.717, 1.165) is 6.20 Å². The minimum atomic E-state index is -4.37. The molecule has 3 nitrogen and oxygen atoms in total. The highest BCUT2D eigenvalue weighted by atomic mass is 19.4. The molecule has 1 aromatic heterocycles. The van der Waals surface area contributed by atoms with Gasteiger partial charge in [0.1, 0.15) is 11.5 Å². The van der Waals surface area contributed by atoms with Crippen LogP contribution in [-0.2, 0) is 4.79 Å². The summed E-state index contributed by atoms with van der Waals surface area (Å²) in [6.45, 7) is 0.269. The first-order valence-electron chi connectivity index (χ1n) is 6.61. The van der Waals surface area contributed by atoms with E-state index in [1.807, 2.05) is 0 Å². The zero-order valence-corrected chi connectivity index (χ0v) is 11.5. The summed E-state index contributed by atoms with van der Waals surface area (Å²) in [5.41, 5.74) is 0.515. The van der Waals surface area contributed by atoms with Crippen LogP contribution in [0.1, 0.15) is 25.0 Å². The molecule has 0 aromatic carbocycles. The lowest BCUT2D eigenvalue weighted by Crippen LogP contribution is -2.35. The number of carbonyl (C=O) groups excluding carboxylic acids is 1. The predicted octanol–water partition coefficient (Wildman–Crippen LogP) is 3.32. The summed E-state index contributed by atoms with van der Waals surface area (Å²) in [5, 5.41) is 0. The normalized spacial score (nSPS) is 15.7. The maximum absolute atomic E-state index is 13.6. The Hall–Kier alpha value is -1.99. The SMILES string of the molecule is O=C(CCC(F)(F)F)N1CC=C(c2ncc(F)cc2F)CC1. The molecule has 8 heteroatoms. The Morgan fingerprint density at radius 2 is 2.05 bits per heavy atom. The van der Waals surface area contributed by atoms with E-state index in [1.165, 1.54) is 11.0 Å². The first-order valence-corrected chi connectivity index (χ1v) is 6.61. The lowest BCUT2D eigenvalue weighted by atomic mass is 10.0. The van der Waals surface area contributed by atoms with Crippen LogP contribution in [0, 0.1) is 11.6 Å². The number of nitrogens with zero attached hydrogens (tertiary/aromatic N) is 2. The fourth-order valence-corrected chi connectivity index (χ4v) is 2.17. The molecule has 2 heterocycles. The Labute approximate surface area is 123 Å². The highest BCUT2D eigenvalue weighted by molar-refractivity contribution is 5.78. The summed E-state index contributed by atoms with van der Waals surface area (Å²) in [6, 6.07) is 0.712. The smallest absolute Gasteiger partial charge is 0.339 e. The molecule has 120 valence electrons. The first kappa shape index (κ1) is 16.4. The maximum Gasteiger partial charge on any atom is 0.389 e. The largest absolute Gasteiger partial charge is 0.389 e. The second kappa shape index (κ2) is 6.41. The van der Waals surface area contributed by atoms with Gasteiger partial charge in [-0.15, -0.1) is 0 Å². The number of hydrogen-bond acceptors (Lipinski definition) is 2. The molecule has 1 aromatic rings. The zero-order valence-electron chi connectivity index (χ0n) is 11.5. The number of halogens is 5. The van der Waals surface area contributed by atoms with Gasteiger partial charge in [0.2, 0.25) is 5.91 Å². The van der Waals surface area contributed by atoms with E-state index in [-0.39, 0.29) is 25.2 Å². The van der Waals surface area contributed by atoms with Crippen molar-refractivity contribution in [2.45, 2.75) is 25.4 Å². The van der Waals surface area contributed by atoms with Gasteiger partial charge in [-0.05, 0) is 12.0 Å². The first-order chi connectivity index (χ1) is 10.3. The molecule has 0 radical (unpaired) electrons. The molecule has 0 saturated heterocycles. The lowest BCUT2D eigenvalue weighted by molar-refractivity contribution is -0.148. The molecular formula is C14H13F5N2O. The van der Waals surface area contributed by atoms with Crippen LogP contribution in [0.4, 0.5) is 22.0 Å². The Morgan fingerprint density at radius 3 is 2.59 bits per heavy atom.